The molecule has 2 rings (SSSR count). The summed E-state index contributed by atoms with van der Waals surface area (Å²) in [5.41, 5.74) is 1.33. The van der Waals surface area contributed by atoms with Gasteiger partial charge >= 0.3 is 0 Å². The van der Waals surface area contributed by atoms with Crippen molar-refractivity contribution in [3.63, 3.8) is 0 Å². The van der Waals surface area contributed by atoms with E-state index in [2.05, 4.69) is 64.0 Å². The van der Waals surface area contributed by atoms with Gasteiger partial charge in [-0.3, -0.25) is 4.90 Å². The smallest absolute Gasteiger partial charge is 0.0826 e. The normalized spacial score (nSPS) is 21.1. The average molecular weight is 360 g/mol. The molecule has 1 aromatic rings. The van der Waals surface area contributed by atoms with Crippen molar-refractivity contribution in [2.24, 2.45) is 0 Å². The van der Waals surface area contributed by atoms with Crippen molar-refractivity contribution in [3.8, 4) is 0 Å². The van der Waals surface area contributed by atoms with Crippen molar-refractivity contribution in [2.75, 3.05) is 32.8 Å². The minimum Gasteiger partial charge on any atom is -0.374 e. The lowest BCUT2D eigenvalue weighted by Gasteiger charge is -2.32. The third-order valence-corrected chi connectivity index (χ3v) is 4.00. The quantitative estimate of drug-likeness (QED) is 0.814. The number of nitrogens with one attached hydrogen (secondary N) is 1. The Morgan fingerprint density at radius 3 is 2.89 bits per heavy atom. The van der Waals surface area contributed by atoms with E-state index in [0.29, 0.717) is 6.10 Å². The van der Waals surface area contributed by atoms with Crippen LogP contribution in [0.1, 0.15) is 12.5 Å². The molecule has 4 heteroatoms. The molecule has 0 spiro atoms. The Morgan fingerprint density at radius 1 is 1.39 bits per heavy atom. The molecule has 0 saturated carbocycles. The largest absolute Gasteiger partial charge is 0.374 e. The zero-order valence-corrected chi connectivity index (χ0v) is 13.0. The molecule has 0 aromatic heterocycles. The molecule has 1 aromatic carbocycles. The van der Waals surface area contributed by atoms with E-state index < -0.39 is 0 Å². The van der Waals surface area contributed by atoms with Gasteiger partial charge in [-0.2, -0.15) is 0 Å². The molecule has 1 saturated heterocycles. The highest BCUT2D eigenvalue weighted by molar-refractivity contribution is 14.1. The highest BCUT2D eigenvalue weighted by atomic mass is 127. The van der Waals surface area contributed by atoms with E-state index in [0.717, 1.165) is 39.3 Å². The summed E-state index contributed by atoms with van der Waals surface area (Å²) in [6.45, 7) is 8.17. The third-order valence-electron chi connectivity index (χ3n) is 3.28. The third kappa shape index (κ3) is 4.50. The van der Waals surface area contributed by atoms with Gasteiger partial charge in [-0.25, -0.2) is 0 Å². The number of nitrogens with zero attached hydrogens (tertiary/aromatic N) is 1. The van der Waals surface area contributed by atoms with Crippen LogP contribution in [-0.4, -0.2) is 43.8 Å². The molecule has 3 nitrogen and oxygen atoms in total. The van der Waals surface area contributed by atoms with Crippen LogP contribution >= 0.6 is 22.6 Å². The second-order valence-electron chi connectivity index (χ2n) is 4.64. The first kappa shape index (κ1) is 14.2. The molecule has 18 heavy (non-hydrogen) atoms. The number of halogens is 1. The Bertz CT molecular complexity index is 355. The van der Waals surface area contributed by atoms with Crippen molar-refractivity contribution >= 4 is 22.6 Å². The Hall–Kier alpha value is -0.170. The van der Waals surface area contributed by atoms with E-state index >= 15 is 0 Å². The standard InChI is InChI=1S/C14H21IN2O/c1-2-17-7-8-18-14(11-17)10-16-9-12-3-5-13(15)6-4-12/h3-6,14,16H,2,7-11H2,1H3. The van der Waals surface area contributed by atoms with Crippen molar-refractivity contribution < 1.29 is 4.74 Å². The lowest BCUT2D eigenvalue weighted by Crippen LogP contribution is -2.46. The highest BCUT2D eigenvalue weighted by Crippen LogP contribution is 2.07. The first-order chi connectivity index (χ1) is 8.78. The molecule has 1 heterocycles. The molecule has 1 aliphatic heterocycles. The van der Waals surface area contributed by atoms with Crippen LogP contribution in [0.2, 0.25) is 0 Å². The molecular weight excluding hydrogens is 339 g/mol. The second kappa shape index (κ2) is 7.43. The second-order valence-corrected chi connectivity index (χ2v) is 5.89. The maximum atomic E-state index is 5.76. The minimum absolute atomic E-state index is 0.336. The molecule has 0 radical (unpaired) electrons. The lowest BCUT2D eigenvalue weighted by atomic mass is 10.2. The van der Waals surface area contributed by atoms with E-state index in [1.165, 1.54) is 9.13 Å². The number of rotatable bonds is 5. The van der Waals surface area contributed by atoms with Gasteiger partial charge in [0.1, 0.15) is 0 Å². The van der Waals surface area contributed by atoms with Crippen LogP contribution in [0.3, 0.4) is 0 Å². The summed E-state index contributed by atoms with van der Waals surface area (Å²) in [4.78, 5) is 2.45. The van der Waals surface area contributed by atoms with Crippen LogP contribution in [-0.2, 0) is 11.3 Å². The van der Waals surface area contributed by atoms with Gasteiger partial charge in [0.15, 0.2) is 0 Å². The van der Waals surface area contributed by atoms with Crippen molar-refractivity contribution in [1.29, 1.82) is 0 Å². The molecule has 1 fully saturated rings. The Morgan fingerprint density at radius 2 is 2.17 bits per heavy atom. The van der Waals surface area contributed by atoms with Gasteiger partial charge in [0, 0.05) is 29.7 Å². The fraction of sp³-hybridized carbons (Fsp3) is 0.571. The topological polar surface area (TPSA) is 24.5 Å². The van der Waals surface area contributed by atoms with Crippen molar-refractivity contribution in [2.45, 2.75) is 19.6 Å². The number of ether oxygens (including phenoxy) is 1. The molecule has 1 N–H and O–H groups in total. The van der Waals surface area contributed by atoms with E-state index in [1.54, 1.807) is 0 Å². The van der Waals surface area contributed by atoms with Crippen molar-refractivity contribution in [1.82, 2.24) is 10.2 Å². The fourth-order valence-corrected chi connectivity index (χ4v) is 2.53. The summed E-state index contributed by atoms with van der Waals surface area (Å²) >= 11 is 2.33. The average Bonchev–Trinajstić information content (AvgIpc) is 2.41. The summed E-state index contributed by atoms with van der Waals surface area (Å²) in [5.74, 6) is 0. The van der Waals surface area contributed by atoms with Crippen molar-refractivity contribution in [3.05, 3.63) is 33.4 Å². The van der Waals surface area contributed by atoms with Crippen LogP contribution in [0.5, 0.6) is 0 Å². The number of likely N-dealkylation sites (N-methyl/N-ethyl adjacent to an activating group) is 1. The van der Waals surface area contributed by atoms with E-state index in [4.69, 9.17) is 4.74 Å². The number of morpholine rings is 1. The van der Waals surface area contributed by atoms with Crippen LogP contribution in [0, 0.1) is 3.57 Å². The van der Waals surface area contributed by atoms with Gasteiger partial charge in [-0.15, -0.1) is 0 Å². The summed E-state index contributed by atoms with van der Waals surface area (Å²) < 4.78 is 7.04. The van der Waals surface area contributed by atoms with Crippen LogP contribution in [0.4, 0.5) is 0 Å². The number of hydrogen-bond acceptors (Lipinski definition) is 3. The first-order valence-corrected chi connectivity index (χ1v) is 7.65. The molecule has 0 amide bonds. The van der Waals surface area contributed by atoms with E-state index in [9.17, 15) is 0 Å². The molecule has 0 bridgehead atoms. The minimum atomic E-state index is 0.336. The molecule has 1 unspecified atom stereocenters. The fourth-order valence-electron chi connectivity index (χ4n) is 2.17. The predicted molar refractivity (Wildman–Crippen MR) is 82.7 cm³/mol. The highest BCUT2D eigenvalue weighted by Gasteiger charge is 2.18. The Kier molecular flexibility index (Phi) is 5.88. The number of hydrogen-bond donors (Lipinski definition) is 1. The zero-order chi connectivity index (χ0) is 12.8. The maximum absolute atomic E-state index is 5.76. The summed E-state index contributed by atoms with van der Waals surface area (Å²) in [5, 5.41) is 3.48. The van der Waals surface area contributed by atoms with Gasteiger partial charge in [0.25, 0.3) is 0 Å². The van der Waals surface area contributed by atoms with Gasteiger partial charge < -0.3 is 10.1 Å². The Labute approximate surface area is 123 Å². The van der Waals surface area contributed by atoms with Gasteiger partial charge in [0.05, 0.1) is 12.7 Å². The van der Waals surface area contributed by atoms with Crippen LogP contribution in [0.15, 0.2) is 24.3 Å². The maximum Gasteiger partial charge on any atom is 0.0826 e. The molecule has 100 valence electrons. The van der Waals surface area contributed by atoms with Gasteiger partial charge in [-0.05, 0) is 46.8 Å². The van der Waals surface area contributed by atoms with Crippen LogP contribution < -0.4 is 5.32 Å². The summed E-state index contributed by atoms with van der Waals surface area (Å²) in [7, 11) is 0. The molecular formula is C14H21IN2O. The molecule has 1 atom stereocenters. The summed E-state index contributed by atoms with van der Waals surface area (Å²) in [6, 6.07) is 8.64. The van der Waals surface area contributed by atoms with Crippen LogP contribution in [0.25, 0.3) is 0 Å². The lowest BCUT2D eigenvalue weighted by molar-refractivity contribution is -0.0253. The zero-order valence-electron chi connectivity index (χ0n) is 10.9. The van der Waals surface area contributed by atoms with Gasteiger partial charge in [0.2, 0.25) is 0 Å². The number of benzene rings is 1. The first-order valence-electron chi connectivity index (χ1n) is 6.57. The monoisotopic (exact) mass is 360 g/mol. The molecule has 1 aliphatic rings. The molecule has 0 aliphatic carbocycles. The SMILES string of the molecule is CCN1CCOC(CNCc2ccc(I)cc2)C1. The summed E-state index contributed by atoms with van der Waals surface area (Å²) in [6.07, 6.45) is 0.336. The van der Waals surface area contributed by atoms with E-state index in [1.807, 2.05) is 0 Å². The van der Waals surface area contributed by atoms with E-state index in [-0.39, 0.29) is 0 Å². The predicted octanol–water partition coefficient (Wildman–Crippen LogP) is 2.10. The van der Waals surface area contributed by atoms with Gasteiger partial charge in [-0.1, -0.05) is 19.1 Å². The Balaban J connectivity index is 1.70.